The Hall–Kier alpha value is -0.810. The number of hydrogen-bond donors (Lipinski definition) is 2. The van der Waals surface area contributed by atoms with Gasteiger partial charge in [-0.1, -0.05) is 13.8 Å². The molecule has 0 fully saturated rings. The molecule has 6 heteroatoms. The maximum atomic E-state index is 11.7. The lowest BCUT2D eigenvalue weighted by Gasteiger charge is -2.23. The summed E-state index contributed by atoms with van der Waals surface area (Å²) >= 11 is 0. The molecular weight excluding hydrogens is 256 g/mol. The van der Waals surface area contributed by atoms with Gasteiger partial charge in [0.25, 0.3) is 0 Å². The Morgan fingerprint density at radius 1 is 1.28 bits per heavy atom. The zero-order chi connectivity index (χ0) is 13.4. The summed E-state index contributed by atoms with van der Waals surface area (Å²) in [4.78, 5) is 23.9. The van der Waals surface area contributed by atoms with E-state index in [0.29, 0.717) is 19.0 Å². The summed E-state index contributed by atoms with van der Waals surface area (Å²) in [5.74, 6) is -0.321. The molecule has 108 valence electrons. The van der Waals surface area contributed by atoms with Crippen LogP contribution in [0, 0.1) is 5.92 Å². The quantitative estimate of drug-likeness (QED) is 0.704. The smallest absolute Gasteiger partial charge is 0.304 e. The first-order chi connectivity index (χ1) is 7.84. The average Bonchev–Trinajstić information content (AvgIpc) is 2.24. The molecule has 0 aliphatic rings. The summed E-state index contributed by atoms with van der Waals surface area (Å²) in [6.07, 6.45) is 1.01. The molecule has 0 aromatic rings. The van der Waals surface area contributed by atoms with Crippen molar-refractivity contribution in [1.29, 1.82) is 0 Å². The number of hydrogen-bond acceptors (Lipinski definition) is 3. The lowest BCUT2D eigenvalue weighted by molar-refractivity contribution is -0.138. The van der Waals surface area contributed by atoms with Crippen LogP contribution in [0.25, 0.3) is 0 Å². The summed E-state index contributed by atoms with van der Waals surface area (Å²) in [7, 11) is 1.76. The lowest BCUT2D eigenvalue weighted by atomic mass is 10.1. The van der Waals surface area contributed by atoms with E-state index >= 15 is 0 Å². The second-order valence-electron chi connectivity index (χ2n) is 4.77. The predicted molar refractivity (Wildman–Crippen MR) is 74.1 cm³/mol. The van der Waals surface area contributed by atoms with Gasteiger partial charge in [-0.25, -0.2) is 0 Å². The number of carbonyl (C=O) groups is 2. The normalized spacial score (nSPS) is 12.1. The summed E-state index contributed by atoms with van der Waals surface area (Å²) in [6, 6.07) is -0.290. The highest BCUT2D eigenvalue weighted by atomic mass is 35.5. The fourth-order valence-corrected chi connectivity index (χ4v) is 1.30. The highest BCUT2D eigenvalue weighted by molar-refractivity contribution is 5.85. The van der Waals surface area contributed by atoms with E-state index in [-0.39, 0.29) is 30.8 Å². The average molecular weight is 281 g/mol. The van der Waals surface area contributed by atoms with Crippen LogP contribution in [0.15, 0.2) is 0 Å². The van der Waals surface area contributed by atoms with Crippen molar-refractivity contribution in [2.45, 2.75) is 39.7 Å². The topological polar surface area (TPSA) is 69.6 Å². The fourth-order valence-electron chi connectivity index (χ4n) is 1.30. The first kappa shape index (κ1) is 19.5. The van der Waals surface area contributed by atoms with Crippen molar-refractivity contribution in [3.8, 4) is 0 Å². The SMILES string of the molecule is CC(C)CCNC(=O)C(C)N(C)CCC(=O)O.Cl. The molecule has 0 aromatic heterocycles. The fraction of sp³-hybridized carbons (Fsp3) is 0.833. The minimum Gasteiger partial charge on any atom is -0.481 e. The maximum Gasteiger partial charge on any atom is 0.304 e. The largest absolute Gasteiger partial charge is 0.481 e. The van der Waals surface area contributed by atoms with E-state index in [1.54, 1.807) is 18.9 Å². The zero-order valence-corrected chi connectivity index (χ0v) is 12.4. The highest BCUT2D eigenvalue weighted by Gasteiger charge is 2.17. The Balaban J connectivity index is 0. The summed E-state index contributed by atoms with van der Waals surface area (Å²) < 4.78 is 0. The van der Waals surface area contributed by atoms with Crippen molar-refractivity contribution in [2.24, 2.45) is 5.92 Å². The second-order valence-corrected chi connectivity index (χ2v) is 4.77. The van der Waals surface area contributed by atoms with Crippen LogP contribution in [0.3, 0.4) is 0 Å². The van der Waals surface area contributed by atoms with E-state index in [1.165, 1.54) is 0 Å². The lowest BCUT2D eigenvalue weighted by Crippen LogP contribution is -2.44. The monoisotopic (exact) mass is 280 g/mol. The van der Waals surface area contributed by atoms with Crippen LogP contribution in [-0.2, 0) is 9.59 Å². The molecule has 1 unspecified atom stereocenters. The van der Waals surface area contributed by atoms with E-state index in [2.05, 4.69) is 19.2 Å². The van der Waals surface area contributed by atoms with Crippen LogP contribution in [0.5, 0.6) is 0 Å². The van der Waals surface area contributed by atoms with Gasteiger partial charge in [0.2, 0.25) is 5.91 Å². The molecule has 0 spiro atoms. The number of carboxylic acids is 1. The number of aliphatic carboxylic acids is 1. The molecule has 0 aliphatic carbocycles. The van der Waals surface area contributed by atoms with Crippen LogP contribution in [0.4, 0.5) is 0 Å². The van der Waals surface area contributed by atoms with E-state index in [4.69, 9.17) is 5.11 Å². The molecule has 1 amide bonds. The number of amides is 1. The van der Waals surface area contributed by atoms with E-state index < -0.39 is 5.97 Å². The molecule has 0 aromatic carbocycles. The van der Waals surface area contributed by atoms with Gasteiger partial charge in [-0.15, -0.1) is 12.4 Å². The Bertz CT molecular complexity index is 260. The third-order valence-corrected chi connectivity index (χ3v) is 2.74. The van der Waals surface area contributed by atoms with Gasteiger partial charge in [-0.2, -0.15) is 0 Å². The van der Waals surface area contributed by atoms with Crippen molar-refractivity contribution in [1.82, 2.24) is 10.2 Å². The van der Waals surface area contributed by atoms with Crippen LogP contribution >= 0.6 is 12.4 Å². The van der Waals surface area contributed by atoms with Crippen molar-refractivity contribution in [3.05, 3.63) is 0 Å². The van der Waals surface area contributed by atoms with E-state index in [9.17, 15) is 9.59 Å². The number of nitrogens with zero attached hydrogens (tertiary/aromatic N) is 1. The summed E-state index contributed by atoms with van der Waals surface area (Å²) in [5, 5.41) is 11.4. The van der Waals surface area contributed by atoms with Gasteiger partial charge < -0.3 is 10.4 Å². The number of carboxylic acid groups (broad SMARTS) is 1. The zero-order valence-electron chi connectivity index (χ0n) is 11.6. The van der Waals surface area contributed by atoms with Gasteiger partial charge in [0.05, 0.1) is 12.5 Å². The van der Waals surface area contributed by atoms with Crippen LogP contribution in [-0.4, -0.2) is 48.1 Å². The molecule has 0 aliphatic heterocycles. The van der Waals surface area contributed by atoms with Crippen molar-refractivity contribution < 1.29 is 14.7 Å². The number of halogens is 1. The van der Waals surface area contributed by atoms with Gasteiger partial charge in [0.15, 0.2) is 0 Å². The van der Waals surface area contributed by atoms with Gasteiger partial charge in [-0.3, -0.25) is 14.5 Å². The highest BCUT2D eigenvalue weighted by Crippen LogP contribution is 1.99. The summed E-state index contributed by atoms with van der Waals surface area (Å²) in [6.45, 7) is 7.05. The molecule has 0 saturated carbocycles. The van der Waals surface area contributed by atoms with Crippen molar-refractivity contribution in [2.75, 3.05) is 20.1 Å². The van der Waals surface area contributed by atoms with E-state index in [0.717, 1.165) is 6.42 Å². The van der Waals surface area contributed by atoms with Crippen LogP contribution < -0.4 is 5.32 Å². The minimum absolute atomic E-state index is 0. The first-order valence-electron chi connectivity index (χ1n) is 6.04. The Morgan fingerprint density at radius 2 is 1.83 bits per heavy atom. The van der Waals surface area contributed by atoms with Gasteiger partial charge in [-0.05, 0) is 26.3 Å². The minimum atomic E-state index is -0.843. The van der Waals surface area contributed by atoms with Gasteiger partial charge in [0, 0.05) is 13.1 Å². The van der Waals surface area contributed by atoms with E-state index in [1.807, 2.05) is 0 Å². The molecule has 18 heavy (non-hydrogen) atoms. The third kappa shape index (κ3) is 9.24. The molecule has 0 rings (SSSR count). The maximum absolute atomic E-state index is 11.7. The molecule has 5 nitrogen and oxygen atoms in total. The molecule has 0 bridgehead atoms. The molecule has 0 heterocycles. The standard InChI is InChI=1S/C12H24N2O3.ClH/c1-9(2)5-7-13-12(17)10(3)14(4)8-6-11(15)16;/h9-10H,5-8H2,1-4H3,(H,13,17)(H,15,16);1H. The van der Waals surface area contributed by atoms with Gasteiger partial charge in [0.1, 0.15) is 0 Å². The molecule has 0 saturated heterocycles. The third-order valence-electron chi connectivity index (χ3n) is 2.74. The van der Waals surface area contributed by atoms with Crippen LogP contribution in [0.1, 0.15) is 33.6 Å². The Morgan fingerprint density at radius 3 is 2.28 bits per heavy atom. The second kappa shape index (κ2) is 10.1. The van der Waals surface area contributed by atoms with Crippen molar-refractivity contribution in [3.63, 3.8) is 0 Å². The predicted octanol–water partition coefficient (Wildman–Crippen LogP) is 1.37. The number of likely N-dealkylation sites (N-methyl/N-ethyl adjacent to an activating group) is 1. The number of nitrogens with one attached hydrogen (secondary N) is 1. The number of rotatable bonds is 8. The molecule has 1 atom stereocenters. The number of carbonyl (C=O) groups excluding carboxylic acids is 1. The van der Waals surface area contributed by atoms with Crippen LogP contribution in [0.2, 0.25) is 0 Å². The molecular formula is C12H25ClN2O3. The Kier molecular flexibility index (Phi) is 11.0. The van der Waals surface area contributed by atoms with Crippen molar-refractivity contribution >= 4 is 24.3 Å². The Labute approximate surface area is 115 Å². The first-order valence-corrected chi connectivity index (χ1v) is 6.04. The van der Waals surface area contributed by atoms with Gasteiger partial charge >= 0.3 is 5.97 Å². The summed E-state index contributed by atoms with van der Waals surface area (Å²) in [5.41, 5.74) is 0. The molecule has 0 radical (unpaired) electrons. The molecule has 2 N–H and O–H groups in total.